The molecule has 142 valence electrons. The molecule has 0 fully saturated rings. The Balaban J connectivity index is 1.57. The lowest BCUT2D eigenvalue weighted by molar-refractivity contribution is 0.0942. The van der Waals surface area contributed by atoms with Crippen molar-refractivity contribution >= 4 is 38.2 Å². The van der Waals surface area contributed by atoms with Gasteiger partial charge in [-0.3, -0.25) is 9.59 Å². The second-order valence-electron chi connectivity index (χ2n) is 7.13. The average Bonchev–Trinajstić information content (AvgIpc) is 3.17. The molecule has 1 atom stereocenters. The smallest absolute Gasteiger partial charge is 0.261 e. The minimum atomic E-state index is -0.118. The number of fused-ring (bicyclic) bond motifs is 3. The number of hydrogen-bond acceptors (Lipinski definition) is 3. The number of nitrogens with one attached hydrogen (secondary N) is 1. The zero-order valence-corrected chi connectivity index (χ0v) is 16.8. The van der Waals surface area contributed by atoms with Crippen molar-refractivity contribution in [3.63, 3.8) is 0 Å². The molecule has 0 saturated carbocycles. The summed E-state index contributed by atoms with van der Waals surface area (Å²) in [4.78, 5) is 26.0. The summed E-state index contributed by atoms with van der Waals surface area (Å²) in [6, 6.07) is 19.8. The molecule has 0 aliphatic carbocycles. The highest BCUT2D eigenvalue weighted by Crippen LogP contribution is 2.30. The van der Waals surface area contributed by atoms with Gasteiger partial charge >= 0.3 is 0 Å². The number of carbonyl (C=O) groups is 1. The molecule has 0 aliphatic rings. The molecule has 0 bridgehead atoms. The van der Waals surface area contributed by atoms with Crippen LogP contribution in [0, 0.1) is 0 Å². The standard InChI is InChI=1S/C23H22N2O2S/c1-15(12-13-16-8-4-3-5-9-16)24-22(26)20-14-18-21(28-20)17-10-6-7-11-19(17)25(2)23(18)27/h3-11,14-15H,12-13H2,1-2H3,(H,24,26)/t15-/m0/s1. The quantitative estimate of drug-likeness (QED) is 0.545. The van der Waals surface area contributed by atoms with E-state index in [-0.39, 0.29) is 17.5 Å². The third-order valence-electron chi connectivity index (χ3n) is 5.09. The van der Waals surface area contributed by atoms with Gasteiger partial charge in [-0.2, -0.15) is 0 Å². The Morgan fingerprint density at radius 1 is 1.07 bits per heavy atom. The number of carbonyl (C=O) groups excluding carboxylic acids is 1. The van der Waals surface area contributed by atoms with E-state index in [2.05, 4.69) is 17.4 Å². The first-order valence-electron chi connectivity index (χ1n) is 9.40. The van der Waals surface area contributed by atoms with Gasteiger partial charge in [-0.25, -0.2) is 0 Å². The number of thiophene rings is 1. The second kappa shape index (κ2) is 7.60. The van der Waals surface area contributed by atoms with Crippen LogP contribution in [0.5, 0.6) is 0 Å². The monoisotopic (exact) mass is 390 g/mol. The molecular weight excluding hydrogens is 368 g/mol. The lowest BCUT2D eigenvalue weighted by Gasteiger charge is -2.13. The summed E-state index contributed by atoms with van der Waals surface area (Å²) in [7, 11) is 1.77. The van der Waals surface area contributed by atoms with Crippen LogP contribution in [0.1, 0.15) is 28.6 Å². The Hall–Kier alpha value is -2.92. The third-order valence-corrected chi connectivity index (χ3v) is 6.25. The molecule has 0 unspecified atom stereocenters. The van der Waals surface area contributed by atoms with Crippen LogP contribution in [-0.4, -0.2) is 16.5 Å². The zero-order chi connectivity index (χ0) is 19.7. The number of nitrogens with zero attached hydrogens (tertiary/aromatic N) is 1. The van der Waals surface area contributed by atoms with Gasteiger partial charge in [0.25, 0.3) is 11.5 Å². The minimum absolute atomic E-state index is 0.0532. The average molecular weight is 391 g/mol. The normalized spacial score (nSPS) is 12.4. The van der Waals surface area contributed by atoms with Gasteiger partial charge in [-0.05, 0) is 37.5 Å². The Bertz CT molecular complexity index is 1210. The summed E-state index contributed by atoms with van der Waals surface area (Å²) in [6.45, 7) is 2.02. The van der Waals surface area contributed by atoms with Crippen molar-refractivity contribution in [2.75, 3.05) is 0 Å². The number of para-hydroxylation sites is 1. The fourth-order valence-electron chi connectivity index (χ4n) is 3.51. The van der Waals surface area contributed by atoms with Gasteiger partial charge in [0.1, 0.15) is 0 Å². The number of amides is 1. The lowest BCUT2D eigenvalue weighted by atomic mass is 10.1. The molecule has 1 N–H and O–H groups in total. The summed E-state index contributed by atoms with van der Waals surface area (Å²) in [6.07, 6.45) is 1.78. The van der Waals surface area contributed by atoms with Gasteiger partial charge in [0.15, 0.2) is 0 Å². The first-order chi connectivity index (χ1) is 13.5. The zero-order valence-electron chi connectivity index (χ0n) is 15.9. The van der Waals surface area contributed by atoms with Crippen LogP contribution < -0.4 is 10.9 Å². The largest absolute Gasteiger partial charge is 0.349 e. The molecule has 0 spiro atoms. The molecule has 2 heterocycles. The Morgan fingerprint density at radius 3 is 2.57 bits per heavy atom. The summed E-state index contributed by atoms with van der Waals surface area (Å²) in [5, 5.41) is 4.68. The van der Waals surface area contributed by atoms with E-state index in [1.165, 1.54) is 16.9 Å². The van der Waals surface area contributed by atoms with Crippen molar-refractivity contribution in [3.8, 4) is 0 Å². The molecule has 28 heavy (non-hydrogen) atoms. The van der Waals surface area contributed by atoms with E-state index >= 15 is 0 Å². The van der Waals surface area contributed by atoms with Crippen molar-refractivity contribution in [1.82, 2.24) is 9.88 Å². The van der Waals surface area contributed by atoms with Crippen LogP contribution >= 0.6 is 11.3 Å². The highest BCUT2D eigenvalue weighted by molar-refractivity contribution is 7.21. The van der Waals surface area contributed by atoms with E-state index < -0.39 is 0 Å². The van der Waals surface area contributed by atoms with Gasteiger partial charge in [0.05, 0.1) is 15.8 Å². The summed E-state index contributed by atoms with van der Waals surface area (Å²) in [5.41, 5.74) is 2.08. The SMILES string of the molecule is C[C@@H](CCc1ccccc1)NC(=O)c1cc2c(=O)n(C)c3ccccc3c2s1. The van der Waals surface area contributed by atoms with Gasteiger partial charge in [-0.1, -0.05) is 48.5 Å². The maximum atomic E-state index is 12.8. The van der Waals surface area contributed by atoms with Gasteiger partial charge < -0.3 is 9.88 Å². The van der Waals surface area contributed by atoms with E-state index in [9.17, 15) is 9.59 Å². The van der Waals surface area contributed by atoms with Crippen LogP contribution in [-0.2, 0) is 13.5 Å². The van der Waals surface area contributed by atoms with Crippen LogP contribution in [0.25, 0.3) is 21.0 Å². The highest BCUT2D eigenvalue weighted by Gasteiger charge is 2.17. The van der Waals surface area contributed by atoms with Crippen molar-refractivity contribution in [2.24, 2.45) is 7.05 Å². The fourth-order valence-corrected chi connectivity index (χ4v) is 4.59. The number of rotatable bonds is 5. The first-order valence-corrected chi connectivity index (χ1v) is 10.2. The topological polar surface area (TPSA) is 51.1 Å². The number of aromatic nitrogens is 1. The molecule has 4 nitrogen and oxygen atoms in total. The van der Waals surface area contributed by atoms with Gasteiger partial charge in [0, 0.05) is 23.2 Å². The van der Waals surface area contributed by atoms with Crippen LogP contribution in [0.3, 0.4) is 0 Å². The summed E-state index contributed by atoms with van der Waals surface area (Å²) < 4.78 is 2.52. The van der Waals surface area contributed by atoms with Crippen molar-refractivity contribution in [1.29, 1.82) is 0 Å². The molecule has 5 heteroatoms. The van der Waals surface area contributed by atoms with Crippen LogP contribution in [0.15, 0.2) is 65.5 Å². The molecule has 1 amide bonds. The number of hydrogen-bond donors (Lipinski definition) is 1. The molecule has 0 saturated heterocycles. The van der Waals surface area contributed by atoms with E-state index in [1.54, 1.807) is 17.7 Å². The number of benzene rings is 2. The van der Waals surface area contributed by atoms with E-state index in [0.29, 0.717) is 10.3 Å². The molecule has 2 aromatic heterocycles. The van der Waals surface area contributed by atoms with Crippen molar-refractivity contribution in [2.45, 2.75) is 25.8 Å². The Morgan fingerprint density at radius 2 is 1.79 bits per heavy atom. The van der Waals surface area contributed by atoms with Gasteiger partial charge in [0.2, 0.25) is 0 Å². The number of pyridine rings is 1. The van der Waals surface area contributed by atoms with Crippen LogP contribution in [0.4, 0.5) is 0 Å². The summed E-state index contributed by atoms with van der Waals surface area (Å²) in [5.74, 6) is -0.118. The molecule has 4 aromatic rings. The predicted molar refractivity (Wildman–Crippen MR) is 116 cm³/mol. The molecule has 4 rings (SSSR count). The van der Waals surface area contributed by atoms with Gasteiger partial charge in [-0.15, -0.1) is 11.3 Å². The highest BCUT2D eigenvalue weighted by atomic mass is 32.1. The van der Waals surface area contributed by atoms with E-state index in [0.717, 1.165) is 28.4 Å². The van der Waals surface area contributed by atoms with Crippen molar-refractivity contribution < 1.29 is 4.79 Å². The van der Waals surface area contributed by atoms with Crippen LogP contribution in [0.2, 0.25) is 0 Å². The van der Waals surface area contributed by atoms with Crippen molar-refractivity contribution in [3.05, 3.63) is 81.5 Å². The minimum Gasteiger partial charge on any atom is -0.349 e. The molecule has 2 aromatic carbocycles. The molecule has 0 aliphatic heterocycles. The van der Waals surface area contributed by atoms with E-state index in [4.69, 9.17) is 0 Å². The lowest BCUT2D eigenvalue weighted by Crippen LogP contribution is -2.32. The maximum Gasteiger partial charge on any atom is 0.261 e. The predicted octanol–water partition coefficient (Wildman–Crippen LogP) is 4.50. The molecular formula is C23H22N2O2S. The maximum absolute atomic E-state index is 12.8. The Labute approximate surface area is 167 Å². The Kier molecular flexibility index (Phi) is 5.01. The first kappa shape index (κ1) is 18.4. The fraction of sp³-hybridized carbons (Fsp3) is 0.217. The van der Waals surface area contributed by atoms with E-state index in [1.807, 2.05) is 49.4 Å². The molecule has 0 radical (unpaired) electrons. The summed E-state index contributed by atoms with van der Waals surface area (Å²) >= 11 is 1.39. The second-order valence-corrected chi connectivity index (χ2v) is 8.19. The third kappa shape index (κ3) is 3.45. The number of aryl methyl sites for hydroxylation is 2.